The summed E-state index contributed by atoms with van der Waals surface area (Å²) in [7, 11) is 0. The van der Waals surface area contributed by atoms with Crippen molar-refractivity contribution in [3.05, 3.63) is 45.6 Å². The zero-order valence-corrected chi connectivity index (χ0v) is 9.56. The van der Waals surface area contributed by atoms with Gasteiger partial charge in [0, 0.05) is 15.3 Å². The van der Waals surface area contributed by atoms with Crippen LogP contribution in [0.5, 0.6) is 0 Å². The maximum Gasteiger partial charge on any atom is 0.101 e. The van der Waals surface area contributed by atoms with Crippen molar-refractivity contribution in [2.24, 2.45) is 0 Å². The predicted octanol–water partition coefficient (Wildman–Crippen LogP) is 3.90. The molecule has 0 atom stereocenters. The minimum atomic E-state index is 0.823. The van der Waals surface area contributed by atoms with E-state index in [1.807, 2.05) is 25.1 Å². The molecule has 1 aromatic heterocycles. The van der Waals surface area contributed by atoms with Crippen molar-refractivity contribution in [1.29, 1.82) is 5.26 Å². The quantitative estimate of drug-likeness (QED) is 0.704. The monoisotopic (exact) mass is 213 g/mol. The second-order valence-electron chi connectivity index (χ2n) is 3.44. The molecule has 0 bridgehead atoms. The molecule has 1 aromatic carbocycles. The van der Waals surface area contributed by atoms with Crippen molar-refractivity contribution in [1.82, 2.24) is 0 Å². The van der Waals surface area contributed by atoms with E-state index < -0.39 is 0 Å². The Labute approximate surface area is 93.6 Å². The minimum Gasteiger partial charge on any atom is -0.192 e. The summed E-state index contributed by atoms with van der Waals surface area (Å²) >= 11 is 1.69. The fourth-order valence-corrected chi connectivity index (χ4v) is 2.80. The summed E-state index contributed by atoms with van der Waals surface area (Å²) in [4.78, 5) is 2.32. The third-order valence-corrected chi connectivity index (χ3v) is 3.46. The molecule has 2 rings (SSSR count). The number of thiophene rings is 1. The summed E-state index contributed by atoms with van der Waals surface area (Å²) in [6.45, 7) is 4.07. The highest BCUT2D eigenvalue weighted by atomic mass is 32.1. The van der Waals surface area contributed by atoms with Gasteiger partial charge in [0.1, 0.15) is 6.07 Å². The van der Waals surface area contributed by atoms with Gasteiger partial charge in [-0.2, -0.15) is 5.26 Å². The third-order valence-electron chi connectivity index (χ3n) is 2.43. The van der Waals surface area contributed by atoms with Gasteiger partial charge in [-0.15, -0.1) is 11.3 Å². The summed E-state index contributed by atoms with van der Waals surface area (Å²) < 4.78 is 0. The van der Waals surface area contributed by atoms with Gasteiger partial charge in [0.25, 0.3) is 0 Å². The zero-order valence-electron chi connectivity index (χ0n) is 8.74. The van der Waals surface area contributed by atoms with Gasteiger partial charge in [0.2, 0.25) is 0 Å². The third kappa shape index (κ3) is 1.67. The second-order valence-corrected chi connectivity index (χ2v) is 4.87. The van der Waals surface area contributed by atoms with Crippen molar-refractivity contribution in [2.75, 3.05) is 0 Å². The molecule has 0 amide bonds. The van der Waals surface area contributed by atoms with Crippen molar-refractivity contribution < 1.29 is 0 Å². The number of aryl methyl sites for hydroxylation is 2. The minimum absolute atomic E-state index is 0.823. The van der Waals surface area contributed by atoms with E-state index in [9.17, 15) is 0 Å². The van der Waals surface area contributed by atoms with Crippen LogP contribution in [0.1, 0.15) is 15.3 Å². The van der Waals surface area contributed by atoms with Gasteiger partial charge in [0.15, 0.2) is 0 Å². The van der Waals surface area contributed by atoms with Crippen LogP contribution >= 0.6 is 11.3 Å². The van der Waals surface area contributed by atoms with Crippen LogP contribution in [0.2, 0.25) is 0 Å². The molecular formula is C13H11NS. The first-order chi connectivity index (χ1) is 7.24. The highest BCUT2D eigenvalue weighted by Gasteiger charge is 2.13. The first-order valence-corrected chi connectivity index (χ1v) is 5.61. The maximum absolute atomic E-state index is 9.13. The summed E-state index contributed by atoms with van der Waals surface area (Å²) in [5.41, 5.74) is 3.06. The van der Waals surface area contributed by atoms with Gasteiger partial charge in [-0.3, -0.25) is 0 Å². The summed E-state index contributed by atoms with van der Waals surface area (Å²) in [5.74, 6) is 0. The van der Waals surface area contributed by atoms with Crippen molar-refractivity contribution >= 4 is 11.3 Å². The van der Waals surface area contributed by atoms with E-state index in [1.54, 1.807) is 11.3 Å². The molecule has 2 aromatic rings. The van der Waals surface area contributed by atoms with E-state index in [1.165, 1.54) is 4.88 Å². The molecule has 0 aliphatic heterocycles. The van der Waals surface area contributed by atoms with Gasteiger partial charge in [-0.25, -0.2) is 0 Å². The molecule has 0 saturated carbocycles. The normalized spacial score (nSPS) is 9.93. The molecule has 0 radical (unpaired) electrons. The molecule has 0 saturated heterocycles. The Bertz CT molecular complexity index is 517. The average molecular weight is 213 g/mol. The van der Waals surface area contributed by atoms with Crippen LogP contribution in [0, 0.1) is 25.2 Å². The molecule has 1 nitrogen and oxygen atoms in total. The number of hydrogen-bond acceptors (Lipinski definition) is 2. The SMILES string of the molecule is Cc1sc(C)c(-c2ccccc2)c1C#N. The van der Waals surface area contributed by atoms with Crippen molar-refractivity contribution in [3.8, 4) is 17.2 Å². The van der Waals surface area contributed by atoms with Crippen molar-refractivity contribution in [2.45, 2.75) is 13.8 Å². The number of nitriles is 1. The average Bonchev–Trinajstić information content (AvgIpc) is 2.54. The lowest BCUT2D eigenvalue weighted by Gasteiger charge is -2.00. The van der Waals surface area contributed by atoms with Crippen molar-refractivity contribution in [3.63, 3.8) is 0 Å². The topological polar surface area (TPSA) is 23.8 Å². The molecule has 2 heteroatoms. The summed E-state index contributed by atoms with van der Waals surface area (Å²) in [5, 5.41) is 9.13. The maximum atomic E-state index is 9.13. The molecule has 0 aliphatic rings. The van der Waals surface area contributed by atoms with Gasteiger partial charge >= 0.3 is 0 Å². The van der Waals surface area contributed by atoms with Crippen LogP contribution in [0.15, 0.2) is 30.3 Å². The fraction of sp³-hybridized carbons (Fsp3) is 0.154. The van der Waals surface area contributed by atoms with Gasteiger partial charge in [-0.1, -0.05) is 30.3 Å². The Balaban J connectivity index is 2.69. The molecular weight excluding hydrogens is 202 g/mol. The molecule has 0 unspecified atom stereocenters. The molecule has 0 aliphatic carbocycles. The van der Waals surface area contributed by atoms with E-state index in [4.69, 9.17) is 5.26 Å². The lowest BCUT2D eigenvalue weighted by molar-refractivity contribution is 1.46. The Morgan fingerprint density at radius 1 is 1.07 bits per heavy atom. The van der Waals surface area contributed by atoms with Crippen LogP contribution in [0.25, 0.3) is 11.1 Å². The fourth-order valence-electron chi connectivity index (χ4n) is 1.77. The largest absolute Gasteiger partial charge is 0.192 e. The lowest BCUT2D eigenvalue weighted by Crippen LogP contribution is -1.81. The Hall–Kier alpha value is -1.59. The van der Waals surface area contributed by atoms with Crippen LogP contribution < -0.4 is 0 Å². The zero-order chi connectivity index (χ0) is 10.8. The summed E-state index contributed by atoms with van der Waals surface area (Å²) in [6.07, 6.45) is 0. The van der Waals surface area contributed by atoms with Crippen LogP contribution in [0.4, 0.5) is 0 Å². The van der Waals surface area contributed by atoms with Crippen LogP contribution in [-0.4, -0.2) is 0 Å². The Morgan fingerprint density at radius 3 is 2.33 bits per heavy atom. The Kier molecular flexibility index (Phi) is 2.57. The van der Waals surface area contributed by atoms with E-state index in [0.717, 1.165) is 21.6 Å². The Morgan fingerprint density at radius 2 is 1.73 bits per heavy atom. The van der Waals surface area contributed by atoms with E-state index in [2.05, 4.69) is 25.1 Å². The van der Waals surface area contributed by atoms with Gasteiger partial charge in [-0.05, 0) is 19.4 Å². The number of nitrogens with zero attached hydrogens (tertiary/aromatic N) is 1. The first kappa shape index (κ1) is 9.95. The van der Waals surface area contributed by atoms with E-state index in [-0.39, 0.29) is 0 Å². The lowest BCUT2D eigenvalue weighted by atomic mass is 10.0. The molecule has 0 N–H and O–H groups in total. The smallest absolute Gasteiger partial charge is 0.101 e. The first-order valence-electron chi connectivity index (χ1n) is 4.79. The van der Waals surface area contributed by atoms with Gasteiger partial charge in [0.05, 0.1) is 5.56 Å². The summed E-state index contributed by atoms with van der Waals surface area (Å²) in [6, 6.07) is 12.4. The number of benzene rings is 1. The molecule has 0 spiro atoms. The van der Waals surface area contributed by atoms with Gasteiger partial charge < -0.3 is 0 Å². The van der Waals surface area contributed by atoms with E-state index in [0.29, 0.717) is 0 Å². The number of rotatable bonds is 1. The molecule has 1 heterocycles. The highest BCUT2D eigenvalue weighted by molar-refractivity contribution is 7.12. The number of hydrogen-bond donors (Lipinski definition) is 0. The van der Waals surface area contributed by atoms with E-state index >= 15 is 0 Å². The molecule has 0 fully saturated rings. The molecule has 74 valence electrons. The standard InChI is InChI=1S/C13H11NS/c1-9-12(8-14)13(10(2)15-9)11-6-4-3-5-7-11/h3-7H,1-2H3. The second kappa shape index (κ2) is 3.88. The van der Waals surface area contributed by atoms with Crippen LogP contribution in [0.3, 0.4) is 0 Å². The highest BCUT2D eigenvalue weighted by Crippen LogP contribution is 2.34. The predicted molar refractivity (Wildman–Crippen MR) is 63.9 cm³/mol. The van der Waals surface area contributed by atoms with Crippen LogP contribution in [-0.2, 0) is 0 Å². The molecule has 15 heavy (non-hydrogen) atoms.